The van der Waals surface area contributed by atoms with E-state index in [4.69, 9.17) is 0 Å². The molecule has 4 heteroatoms. The van der Waals surface area contributed by atoms with E-state index in [0.717, 1.165) is 23.7 Å². The summed E-state index contributed by atoms with van der Waals surface area (Å²) in [5.74, 6) is -1.33. The first-order valence-corrected chi connectivity index (χ1v) is 7.32. The van der Waals surface area contributed by atoms with E-state index >= 15 is 0 Å². The SMILES string of the molecule is CCCC(=O)N(Cc1cc(F)cc(F)c1)c1ccccc1C. The van der Waals surface area contributed by atoms with Gasteiger partial charge in [0.25, 0.3) is 0 Å². The maximum Gasteiger partial charge on any atom is 0.227 e. The molecular weight excluding hydrogens is 284 g/mol. The van der Waals surface area contributed by atoms with Gasteiger partial charge in [-0.15, -0.1) is 0 Å². The Balaban J connectivity index is 2.36. The molecule has 0 unspecified atom stereocenters. The van der Waals surface area contributed by atoms with Crippen LogP contribution in [0.15, 0.2) is 42.5 Å². The Labute approximate surface area is 129 Å². The molecule has 2 nitrogen and oxygen atoms in total. The lowest BCUT2D eigenvalue weighted by Crippen LogP contribution is -2.30. The fraction of sp³-hybridized carbons (Fsp3) is 0.278. The van der Waals surface area contributed by atoms with Crippen molar-refractivity contribution in [3.63, 3.8) is 0 Å². The Bertz CT molecular complexity index is 650. The highest BCUT2D eigenvalue weighted by atomic mass is 19.1. The number of amides is 1. The number of halogens is 2. The molecule has 0 saturated heterocycles. The Morgan fingerprint density at radius 3 is 2.32 bits per heavy atom. The number of hydrogen-bond acceptors (Lipinski definition) is 1. The van der Waals surface area contributed by atoms with Crippen molar-refractivity contribution in [1.82, 2.24) is 0 Å². The molecule has 0 aromatic heterocycles. The Morgan fingerprint density at radius 1 is 1.09 bits per heavy atom. The van der Waals surface area contributed by atoms with Gasteiger partial charge in [-0.2, -0.15) is 0 Å². The molecule has 0 spiro atoms. The maximum atomic E-state index is 13.4. The zero-order valence-electron chi connectivity index (χ0n) is 12.8. The third-order valence-electron chi connectivity index (χ3n) is 3.43. The van der Waals surface area contributed by atoms with Crippen molar-refractivity contribution in [2.45, 2.75) is 33.2 Å². The molecule has 0 N–H and O–H groups in total. The zero-order chi connectivity index (χ0) is 16.1. The summed E-state index contributed by atoms with van der Waals surface area (Å²) in [5.41, 5.74) is 2.15. The lowest BCUT2D eigenvalue weighted by Gasteiger charge is -2.24. The highest BCUT2D eigenvalue weighted by molar-refractivity contribution is 5.93. The summed E-state index contributed by atoms with van der Waals surface area (Å²) < 4.78 is 26.7. The van der Waals surface area contributed by atoms with E-state index in [1.54, 1.807) is 4.90 Å². The Hall–Kier alpha value is -2.23. The minimum Gasteiger partial charge on any atom is -0.308 e. The Morgan fingerprint density at radius 2 is 1.73 bits per heavy atom. The van der Waals surface area contributed by atoms with Gasteiger partial charge in [-0.25, -0.2) is 8.78 Å². The maximum absolute atomic E-state index is 13.4. The van der Waals surface area contributed by atoms with Crippen molar-refractivity contribution >= 4 is 11.6 Å². The fourth-order valence-electron chi connectivity index (χ4n) is 2.41. The van der Waals surface area contributed by atoms with Crippen LogP contribution in [-0.4, -0.2) is 5.91 Å². The molecular formula is C18H19F2NO. The minimum atomic E-state index is -0.636. The van der Waals surface area contributed by atoms with Gasteiger partial charge in [0.15, 0.2) is 0 Å². The normalized spacial score (nSPS) is 10.5. The van der Waals surface area contributed by atoms with Crippen LogP contribution in [0, 0.1) is 18.6 Å². The molecule has 1 amide bonds. The van der Waals surface area contributed by atoms with Crippen LogP contribution in [0.2, 0.25) is 0 Å². The second-order valence-electron chi connectivity index (χ2n) is 5.29. The van der Waals surface area contributed by atoms with Gasteiger partial charge in [0, 0.05) is 18.2 Å². The average Bonchev–Trinajstić information content (AvgIpc) is 2.45. The van der Waals surface area contributed by atoms with Gasteiger partial charge < -0.3 is 4.90 Å². The smallest absolute Gasteiger partial charge is 0.227 e. The fourth-order valence-corrected chi connectivity index (χ4v) is 2.41. The topological polar surface area (TPSA) is 20.3 Å². The molecule has 0 aliphatic carbocycles. The molecule has 2 aromatic rings. The van der Waals surface area contributed by atoms with Crippen LogP contribution in [-0.2, 0) is 11.3 Å². The van der Waals surface area contributed by atoms with Crippen LogP contribution in [0.4, 0.5) is 14.5 Å². The van der Waals surface area contributed by atoms with Crippen molar-refractivity contribution < 1.29 is 13.6 Å². The largest absolute Gasteiger partial charge is 0.308 e. The van der Waals surface area contributed by atoms with Crippen LogP contribution in [0.25, 0.3) is 0 Å². The van der Waals surface area contributed by atoms with E-state index in [0.29, 0.717) is 12.0 Å². The molecule has 0 bridgehead atoms. The lowest BCUT2D eigenvalue weighted by molar-refractivity contribution is -0.118. The third kappa shape index (κ3) is 3.91. The molecule has 0 atom stereocenters. The van der Waals surface area contributed by atoms with Crippen molar-refractivity contribution in [2.24, 2.45) is 0 Å². The number of carbonyl (C=O) groups excluding carboxylic acids is 1. The summed E-state index contributed by atoms with van der Waals surface area (Å²) in [7, 11) is 0. The highest BCUT2D eigenvalue weighted by Gasteiger charge is 2.17. The molecule has 116 valence electrons. The van der Waals surface area contributed by atoms with Crippen molar-refractivity contribution in [3.8, 4) is 0 Å². The first-order chi connectivity index (χ1) is 10.5. The quantitative estimate of drug-likeness (QED) is 0.790. The molecule has 0 aliphatic heterocycles. The average molecular weight is 303 g/mol. The summed E-state index contributed by atoms with van der Waals surface area (Å²) in [6, 6.07) is 10.8. The molecule has 2 rings (SSSR count). The molecule has 0 radical (unpaired) electrons. The van der Waals surface area contributed by atoms with Crippen LogP contribution >= 0.6 is 0 Å². The predicted molar refractivity (Wildman–Crippen MR) is 83.6 cm³/mol. The van der Waals surface area contributed by atoms with Crippen LogP contribution in [0.3, 0.4) is 0 Å². The number of nitrogens with zero attached hydrogens (tertiary/aromatic N) is 1. The van der Waals surface area contributed by atoms with E-state index in [1.807, 2.05) is 38.1 Å². The number of para-hydroxylation sites is 1. The first-order valence-electron chi connectivity index (χ1n) is 7.32. The second kappa shape index (κ2) is 7.16. The molecule has 0 heterocycles. The monoisotopic (exact) mass is 303 g/mol. The number of hydrogen-bond donors (Lipinski definition) is 0. The van der Waals surface area contributed by atoms with Crippen LogP contribution < -0.4 is 4.90 Å². The van der Waals surface area contributed by atoms with Gasteiger partial charge in [-0.3, -0.25) is 4.79 Å². The molecule has 0 fully saturated rings. The number of carbonyl (C=O) groups is 1. The molecule has 0 aliphatic rings. The van der Waals surface area contributed by atoms with Gasteiger partial charge in [0.05, 0.1) is 6.54 Å². The van der Waals surface area contributed by atoms with E-state index < -0.39 is 11.6 Å². The summed E-state index contributed by atoms with van der Waals surface area (Å²) >= 11 is 0. The van der Waals surface area contributed by atoms with E-state index in [-0.39, 0.29) is 12.5 Å². The first kappa shape index (κ1) is 16.1. The Kier molecular flexibility index (Phi) is 5.26. The van der Waals surface area contributed by atoms with E-state index in [1.165, 1.54) is 12.1 Å². The minimum absolute atomic E-state index is 0.0542. The van der Waals surface area contributed by atoms with Gasteiger partial charge in [-0.1, -0.05) is 25.1 Å². The van der Waals surface area contributed by atoms with Crippen LogP contribution in [0.5, 0.6) is 0 Å². The van der Waals surface area contributed by atoms with Gasteiger partial charge in [0.2, 0.25) is 5.91 Å². The van der Waals surface area contributed by atoms with Crippen LogP contribution in [0.1, 0.15) is 30.9 Å². The third-order valence-corrected chi connectivity index (χ3v) is 3.43. The van der Waals surface area contributed by atoms with Crippen molar-refractivity contribution in [3.05, 3.63) is 65.2 Å². The summed E-state index contributed by atoms with van der Waals surface area (Å²) in [4.78, 5) is 14.0. The molecule has 22 heavy (non-hydrogen) atoms. The number of rotatable bonds is 5. The van der Waals surface area contributed by atoms with Crippen molar-refractivity contribution in [1.29, 1.82) is 0 Å². The standard InChI is InChI=1S/C18H19F2NO/c1-3-6-18(22)21(17-8-5-4-7-13(17)2)12-14-9-15(19)11-16(20)10-14/h4-5,7-11H,3,6,12H2,1-2H3. The van der Waals surface area contributed by atoms with Crippen molar-refractivity contribution in [2.75, 3.05) is 4.90 Å². The summed E-state index contributed by atoms with van der Waals surface area (Å²) in [6.45, 7) is 3.99. The zero-order valence-corrected chi connectivity index (χ0v) is 12.8. The number of anilines is 1. The van der Waals surface area contributed by atoms with Gasteiger partial charge in [-0.05, 0) is 42.7 Å². The van der Waals surface area contributed by atoms with E-state index in [2.05, 4.69) is 0 Å². The molecule has 0 saturated carbocycles. The van der Waals surface area contributed by atoms with Gasteiger partial charge in [0.1, 0.15) is 11.6 Å². The predicted octanol–water partition coefficient (Wildman–Crippen LogP) is 4.61. The molecule has 2 aromatic carbocycles. The highest BCUT2D eigenvalue weighted by Crippen LogP contribution is 2.23. The van der Waals surface area contributed by atoms with Gasteiger partial charge >= 0.3 is 0 Å². The van der Waals surface area contributed by atoms with E-state index in [9.17, 15) is 13.6 Å². The number of aryl methyl sites for hydroxylation is 1. The number of benzene rings is 2. The summed E-state index contributed by atoms with van der Waals surface area (Å²) in [5, 5.41) is 0. The lowest BCUT2D eigenvalue weighted by atomic mass is 10.1. The summed E-state index contributed by atoms with van der Waals surface area (Å²) in [6.07, 6.45) is 1.12. The second-order valence-corrected chi connectivity index (χ2v) is 5.29.